The molecule has 0 amide bonds. The van der Waals surface area contributed by atoms with Crippen LogP contribution in [0, 0.1) is 0 Å². The minimum atomic E-state index is -0.0777. The maximum Gasteiger partial charge on any atom is 0.306 e. The molecule has 3 heteroatoms. The highest BCUT2D eigenvalue weighted by molar-refractivity contribution is 5.69. The Labute approximate surface area is 125 Å². The first-order valence-electron chi connectivity index (χ1n) is 8.64. The number of hydrogen-bond donors (Lipinski definition) is 1. The van der Waals surface area contributed by atoms with Gasteiger partial charge in [0, 0.05) is 13.0 Å². The van der Waals surface area contributed by atoms with Gasteiger partial charge in [-0.3, -0.25) is 4.79 Å². The van der Waals surface area contributed by atoms with Crippen LogP contribution in [0.3, 0.4) is 0 Å². The van der Waals surface area contributed by atoms with Crippen LogP contribution < -0.4 is 5.73 Å². The fraction of sp³-hybridized carbons (Fsp3) is 0.941. The molecular weight excluding hydrogens is 250 g/mol. The average molecular weight is 285 g/mol. The number of carbonyl (C=O) groups is 1. The second-order valence-electron chi connectivity index (χ2n) is 5.71. The predicted molar refractivity (Wildman–Crippen MR) is 85.7 cm³/mol. The third-order valence-corrected chi connectivity index (χ3v) is 3.66. The SMILES string of the molecule is CCCCCCCCCCCC(=O)OC(CN)CCC. The van der Waals surface area contributed by atoms with Crippen molar-refractivity contribution in [2.45, 2.75) is 97.0 Å². The molecule has 120 valence electrons. The second-order valence-corrected chi connectivity index (χ2v) is 5.71. The van der Waals surface area contributed by atoms with E-state index in [2.05, 4.69) is 13.8 Å². The highest BCUT2D eigenvalue weighted by atomic mass is 16.5. The molecule has 0 saturated carbocycles. The molecule has 0 aliphatic rings. The minimum Gasteiger partial charge on any atom is -0.461 e. The van der Waals surface area contributed by atoms with Crippen LogP contribution in [0.2, 0.25) is 0 Å². The van der Waals surface area contributed by atoms with Gasteiger partial charge in [-0.15, -0.1) is 0 Å². The van der Waals surface area contributed by atoms with Gasteiger partial charge >= 0.3 is 5.97 Å². The molecule has 0 fully saturated rings. The molecule has 0 aliphatic heterocycles. The van der Waals surface area contributed by atoms with Crippen LogP contribution >= 0.6 is 0 Å². The van der Waals surface area contributed by atoms with Gasteiger partial charge < -0.3 is 10.5 Å². The smallest absolute Gasteiger partial charge is 0.306 e. The van der Waals surface area contributed by atoms with Gasteiger partial charge in [0.05, 0.1) is 0 Å². The van der Waals surface area contributed by atoms with Gasteiger partial charge in [0.1, 0.15) is 6.10 Å². The molecule has 1 unspecified atom stereocenters. The van der Waals surface area contributed by atoms with Crippen molar-refractivity contribution in [1.82, 2.24) is 0 Å². The number of ether oxygens (including phenoxy) is 1. The largest absolute Gasteiger partial charge is 0.461 e. The van der Waals surface area contributed by atoms with Crippen molar-refractivity contribution in [2.24, 2.45) is 5.73 Å². The Balaban J connectivity index is 3.34. The van der Waals surface area contributed by atoms with Crippen LogP contribution in [0.15, 0.2) is 0 Å². The summed E-state index contributed by atoms with van der Waals surface area (Å²) in [6.07, 6.45) is 13.8. The third kappa shape index (κ3) is 12.5. The van der Waals surface area contributed by atoms with Gasteiger partial charge in [0.2, 0.25) is 0 Å². The molecular formula is C17H35NO2. The Bertz CT molecular complexity index is 219. The lowest BCUT2D eigenvalue weighted by Gasteiger charge is -2.14. The van der Waals surface area contributed by atoms with Crippen molar-refractivity contribution in [3.63, 3.8) is 0 Å². The van der Waals surface area contributed by atoms with Crippen LogP contribution in [0.25, 0.3) is 0 Å². The second kappa shape index (κ2) is 14.8. The van der Waals surface area contributed by atoms with Gasteiger partial charge in [-0.05, 0) is 12.8 Å². The van der Waals surface area contributed by atoms with E-state index in [0.29, 0.717) is 13.0 Å². The van der Waals surface area contributed by atoms with E-state index in [0.717, 1.165) is 25.7 Å². The van der Waals surface area contributed by atoms with Crippen molar-refractivity contribution in [3.05, 3.63) is 0 Å². The predicted octanol–water partition coefficient (Wildman–Crippen LogP) is 4.58. The minimum absolute atomic E-state index is 0.0724. The molecule has 0 heterocycles. The molecule has 0 bridgehead atoms. The monoisotopic (exact) mass is 285 g/mol. The van der Waals surface area contributed by atoms with Crippen molar-refractivity contribution in [3.8, 4) is 0 Å². The van der Waals surface area contributed by atoms with Gasteiger partial charge in [-0.25, -0.2) is 0 Å². The summed E-state index contributed by atoms with van der Waals surface area (Å²) >= 11 is 0. The van der Waals surface area contributed by atoms with E-state index >= 15 is 0 Å². The zero-order valence-electron chi connectivity index (χ0n) is 13.7. The van der Waals surface area contributed by atoms with Crippen LogP contribution in [0.4, 0.5) is 0 Å². The summed E-state index contributed by atoms with van der Waals surface area (Å²) in [6, 6.07) is 0. The Hall–Kier alpha value is -0.570. The molecule has 0 aliphatic carbocycles. The average Bonchev–Trinajstić information content (AvgIpc) is 2.45. The number of carbonyl (C=O) groups excluding carboxylic acids is 1. The number of hydrogen-bond acceptors (Lipinski definition) is 3. The quantitative estimate of drug-likeness (QED) is 0.375. The molecule has 3 nitrogen and oxygen atoms in total. The lowest BCUT2D eigenvalue weighted by Crippen LogP contribution is -2.26. The zero-order valence-corrected chi connectivity index (χ0v) is 13.7. The Morgan fingerprint density at radius 1 is 0.900 bits per heavy atom. The van der Waals surface area contributed by atoms with E-state index in [9.17, 15) is 4.79 Å². The van der Waals surface area contributed by atoms with Crippen LogP contribution in [-0.4, -0.2) is 18.6 Å². The fourth-order valence-corrected chi connectivity index (χ4v) is 2.37. The van der Waals surface area contributed by atoms with Crippen molar-refractivity contribution >= 4 is 5.97 Å². The van der Waals surface area contributed by atoms with Crippen LogP contribution in [0.1, 0.15) is 90.9 Å². The van der Waals surface area contributed by atoms with Crippen LogP contribution in [0.5, 0.6) is 0 Å². The zero-order chi connectivity index (χ0) is 15.1. The van der Waals surface area contributed by atoms with E-state index < -0.39 is 0 Å². The van der Waals surface area contributed by atoms with Gasteiger partial charge in [-0.1, -0.05) is 71.6 Å². The number of unbranched alkanes of at least 4 members (excludes halogenated alkanes) is 8. The molecule has 0 rings (SSSR count). The first-order chi connectivity index (χ1) is 9.74. The molecule has 0 spiro atoms. The Morgan fingerprint density at radius 3 is 1.95 bits per heavy atom. The maximum absolute atomic E-state index is 11.6. The molecule has 0 aromatic heterocycles. The summed E-state index contributed by atoms with van der Waals surface area (Å²) in [5.41, 5.74) is 5.57. The summed E-state index contributed by atoms with van der Waals surface area (Å²) in [5.74, 6) is -0.0724. The van der Waals surface area contributed by atoms with E-state index in [1.807, 2.05) is 0 Å². The lowest BCUT2D eigenvalue weighted by atomic mass is 10.1. The van der Waals surface area contributed by atoms with Crippen LogP contribution in [-0.2, 0) is 9.53 Å². The van der Waals surface area contributed by atoms with E-state index in [1.165, 1.54) is 44.9 Å². The number of nitrogens with two attached hydrogens (primary N) is 1. The van der Waals surface area contributed by atoms with E-state index in [4.69, 9.17) is 10.5 Å². The summed E-state index contributed by atoms with van der Waals surface area (Å²) in [6.45, 7) is 4.77. The van der Waals surface area contributed by atoms with E-state index in [1.54, 1.807) is 0 Å². The van der Waals surface area contributed by atoms with Crippen molar-refractivity contribution < 1.29 is 9.53 Å². The molecule has 20 heavy (non-hydrogen) atoms. The highest BCUT2D eigenvalue weighted by Crippen LogP contribution is 2.11. The normalized spacial score (nSPS) is 12.3. The van der Waals surface area contributed by atoms with Gasteiger partial charge in [0.25, 0.3) is 0 Å². The topological polar surface area (TPSA) is 52.3 Å². The summed E-state index contributed by atoms with van der Waals surface area (Å²) in [4.78, 5) is 11.6. The molecule has 1 atom stereocenters. The highest BCUT2D eigenvalue weighted by Gasteiger charge is 2.11. The Kier molecular flexibility index (Phi) is 14.4. The standard InChI is InChI=1S/C17H35NO2/c1-3-5-6-7-8-9-10-11-12-14-17(19)20-16(15-18)13-4-2/h16H,3-15,18H2,1-2H3. The molecule has 0 radical (unpaired) electrons. The van der Waals surface area contributed by atoms with Gasteiger partial charge in [0.15, 0.2) is 0 Å². The van der Waals surface area contributed by atoms with Gasteiger partial charge in [-0.2, -0.15) is 0 Å². The molecule has 0 saturated heterocycles. The molecule has 2 N–H and O–H groups in total. The summed E-state index contributed by atoms with van der Waals surface area (Å²) in [7, 11) is 0. The van der Waals surface area contributed by atoms with Crippen molar-refractivity contribution in [2.75, 3.05) is 6.54 Å². The van der Waals surface area contributed by atoms with Crippen molar-refractivity contribution in [1.29, 1.82) is 0 Å². The first-order valence-corrected chi connectivity index (χ1v) is 8.64. The third-order valence-electron chi connectivity index (χ3n) is 3.66. The summed E-state index contributed by atoms with van der Waals surface area (Å²) < 4.78 is 5.35. The fourth-order valence-electron chi connectivity index (χ4n) is 2.37. The summed E-state index contributed by atoms with van der Waals surface area (Å²) in [5, 5.41) is 0. The molecule has 0 aromatic rings. The number of rotatable bonds is 14. The molecule has 0 aromatic carbocycles. The van der Waals surface area contributed by atoms with E-state index in [-0.39, 0.29) is 12.1 Å². The lowest BCUT2D eigenvalue weighted by molar-refractivity contribution is -0.149. The first kappa shape index (κ1) is 19.4. The number of esters is 1. The maximum atomic E-state index is 11.6. The Morgan fingerprint density at radius 2 is 1.45 bits per heavy atom.